The standard InChI is InChI=1S/C21H31N3O3S.K/c25-21(23-28(26,27)14-6-13-24-11-2-1-3-12-24)22-20-18-9-4-7-16(18)15-17-8-5-10-19(17)20;/h15H,1-14H2,(H2,22,23,25);/q;+1/p-1. The Morgan fingerprint density at radius 1 is 0.966 bits per heavy atom. The number of anilines is 1. The van der Waals surface area contributed by atoms with Crippen LogP contribution in [0, 0.1) is 0 Å². The molecule has 1 aromatic rings. The number of nitrogens with zero attached hydrogens (tertiary/aromatic N) is 2. The number of likely N-dealkylation sites (tertiary alicyclic amines) is 1. The van der Waals surface area contributed by atoms with Crippen LogP contribution in [0.15, 0.2) is 6.07 Å². The minimum Gasteiger partial charge on any atom is -0.423 e. The van der Waals surface area contributed by atoms with Crippen LogP contribution < -0.4 is 56.7 Å². The van der Waals surface area contributed by atoms with Gasteiger partial charge < -0.3 is 14.9 Å². The van der Waals surface area contributed by atoms with Crippen LogP contribution in [0.2, 0.25) is 0 Å². The molecule has 8 heteroatoms. The summed E-state index contributed by atoms with van der Waals surface area (Å²) in [6, 6.07) is 1.54. The molecule has 1 fully saturated rings. The molecule has 0 atom stereocenters. The number of sulfonamides is 1. The number of carbonyl (C=O) groups is 1. The number of urea groups is 1. The molecule has 1 aliphatic heterocycles. The summed E-state index contributed by atoms with van der Waals surface area (Å²) in [7, 11) is -3.74. The minimum atomic E-state index is -3.74. The summed E-state index contributed by atoms with van der Waals surface area (Å²) in [5, 5.41) is 2.84. The van der Waals surface area contributed by atoms with Gasteiger partial charge in [0.25, 0.3) is 0 Å². The van der Waals surface area contributed by atoms with Crippen molar-refractivity contribution in [3.63, 3.8) is 0 Å². The monoisotopic (exact) mass is 443 g/mol. The molecule has 6 nitrogen and oxygen atoms in total. The summed E-state index contributed by atoms with van der Waals surface area (Å²) in [5.74, 6) is -0.0675. The molecule has 4 rings (SSSR count). The SMILES string of the molecule is O=C([N-]S(=O)(=O)CCCN1CCCCC1)Nc1c2c(cc3c1CCC3)CCC2.[K+]. The van der Waals surface area contributed by atoms with E-state index < -0.39 is 16.1 Å². The van der Waals surface area contributed by atoms with Crippen molar-refractivity contribution >= 4 is 21.7 Å². The molecule has 2 aliphatic carbocycles. The van der Waals surface area contributed by atoms with Crippen LogP contribution in [0.5, 0.6) is 0 Å². The van der Waals surface area contributed by atoms with E-state index in [4.69, 9.17) is 0 Å². The second-order valence-electron chi connectivity index (χ2n) is 8.30. The number of rotatable bonds is 6. The Bertz CT molecular complexity index is 819. The number of fused-ring (bicyclic) bond motifs is 2. The van der Waals surface area contributed by atoms with Gasteiger partial charge in [-0.1, -0.05) is 12.5 Å². The van der Waals surface area contributed by atoms with Gasteiger partial charge in [-0.25, -0.2) is 8.42 Å². The van der Waals surface area contributed by atoms with Crippen LogP contribution >= 0.6 is 0 Å². The van der Waals surface area contributed by atoms with Crippen LogP contribution in [0.4, 0.5) is 10.5 Å². The number of hydrogen-bond acceptors (Lipinski definition) is 4. The summed E-state index contributed by atoms with van der Waals surface area (Å²) in [4.78, 5) is 14.7. The predicted molar refractivity (Wildman–Crippen MR) is 112 cm³/mol. The predicted octanol–water partition coefficient (Wildman–Crippen LogP) is 0.779. The van der Waals surface area contributed by atoms with Gasteiger partial charge in [0, 0.05) is 0 Å². The number of aryl methyl sites for hydroxylation is 2. The van der Waals surface area contributed by atoms with Crippen LogP contribution in [0.3, 0.4) is 0 Å². The normalized spacial score (nSPS) is 18.6. The molecule has 2 amide bonds. The van der Waals surface area contributed by atoms with E-state index in [2.05, 4.69) is 21.0 Å². The molecule has 0 saturated carbocycles. The van der Waals surface area contributed by atoms with E-state index in [-0.39, 0.29) is 57.1 Å². The molecule has 0 radical (unpaired) electrons. The molecule has 29 heavy (non-hydrogen) atoms. The average Bonchev–Trinajstić information content (AvgIpc) is 3.31. The second-order valence-corrected chi connectivity index (χ2v) is 10.1. The molecule has 0 unspecified atom stereocenters. The van der Waals surface area contributed by atoms with E-state index in [9.17, 15) is 13.2 Å². The van der Waals surface area contributed by atoms with E-state index in [1.165, 1.54) is 41.5 Å². The third-order valence-corrected chi connectivity index (χ3v) is 7.50. The Kier molecular flexibility index (Phi) is 8.63. The van der Waals surface area contributed by atoms with Crippen molar-refractivity contribution < 1.29 is 64.6 Å². The van der Waals surface area contributed by atoms with Crippen LogP contribution in [-0.2, 0) is 35.7 Å². The zero-order chi connectivity index (χ0) is 19.6. The summed E-state index contributed by atoms with van der Waals surface area (Å²) < 4.78 is 28.1. The molecule has 0 aromatic heterocycles. The summed E-state index contributed by atoms with van der Waals surface area (Å²) in [6.07, 6.45) is 10.3. The first-order valence-electron chi connectivity index (χ1n) is 10.7. The van der Waals surface area contributed by atoms with E-state index in [1.807, 2.05) is 0 Å². The number of hydrogen-bond donors (Lipinski definition) is 1. The molecule has 154 valence electrons. The van der Waals surface area contributed by atoms with Crippen molar-refractivity contribution in [3.8, 4) is 0 Å². The van der Waals surface area contributed by atoms with Crippen molar-refractivity contribution in [2.45, 2.75) is 64.2 Å². The van der Waals surface area contributed by atoms with Crippen LogP contribution in [-0.4, -0.2) is 44.7 Å². The second kappa shape index (κ2) is 10.6. The number of benzene rings is 1. The maximum atomic E-state index is 12.4. The van der Waals surface area contributed by atoms with Gasteiger partial charge in [-0.2, -0.15) is 0 Å². The van der Waals surface area contributed by atoms with Gasteiger partial charge in [-0.15, -0.1) is 0 Å². The molecule has 1 heterocycles. The van der Waals surface area contributed by atoms with Crippen LogP contribution in [0.1, 0.15) is 60.8 Å². The Labute approximate surface area is 217 Å². The Morgan fingerprint density at radius 3 is 2.21 bits per heavy atom. The maximum absolute atomic E-state index is 12.4. The third kappa shape index (κ3) is 6.05. The van der Waals surface area contributed by atoms with Crippen molar-refractivity contribution in [2.75, 3.05) is 30.7 Å². The maximum Gasteiger partial charge on any atom is 1.00 e. The van der Waals surface area contributed by atoms with E-state index in [0.29, 0.717) is 6.42 Å². The summed E-state index contributed by atoms with van der Waals surface area (Å²) in [5.41, 5.74) is 5.83. The quantitative estimate of drug-likeness (QED) is 0.659. The average molecular weight is 444 g/mol. The Hall–Kier alpha value is 0.0364. The van der Waals surface area contributed by atoms with Crippen molar-refractivity contribution in [2.24, 2.45) is 0 Å². The molecule has 0 bridgehead atoms. The topological polar surface area (TPSA) is 80.6 Å². The largest absolute Gasteiger partial charge is 1.00 e. The van der Waals surface area contributed by atoms with Gasteiger partial charge in [0.05, 0.1) is 5.75 Å². The molecule has 3 aliphatic rings. The molecule has 0 spiro atoms. The molecule has 1 saturated heterocycles. The van der Waals surface area contributed by atoms with Gasteiger partial charge in [-0.3, -0.25) is 4.79 Å². The number of piperidine rings is 1. The van der Waals surface area contributed by atoms with Crippen molar-refractivity contribution in [3.05, 3.63) is 33.0 Å². The van der Waals surface area contributed by atoms with Gasteiger partial charge in [-0.05, 0) is 105 Å². The Balaban J connectivity index is 0.00000240. The molecular weight excluding hydrogens is 413 g/mol. The fraction of sp³-hybridized carbons (Fsp3) is 0.667. The zero-order valence-corrected chi connectivity index (χ0v) is 21.4. The molecule has 1 N–H and O–H groups in total. The van der Waals surface area contributed by atoms with Crippen molar-refractivity contribution in [1.29, 1.82) is 0 Å². The third-order valence-electron chi connectivity index (χ3n) is 6.25. The number of nitrogens with one attached hydrogen (secondary N) is 1. The summed E-state index contributed by atoms with van der Waals surface area (Å²) in [6.45, 7) is 2.85. The van der Waals surface area contributed by atoms with Crippen molar-refractivity contribution in [1.82, 2.24) is 4.90 Å². The first-order chi connectivity index (χ1) is 13.5. The van der Waals surface area contributed by atoms with Gasteiger partial charge in [0.2, 0.25) is 0 Å². The van der Waals surface area contributed by atoms with E-state index in [1.54, 1.807) is 0 Å². The van der Waals surface area contributed by atoms with Gasteiger partial charge in [0.1, 0.15) is 0 Å². The first kappa shape index (κ1) is 23.7. The molecular formula is C21H30KN3O3S. The number of amides is 2. The van der Waals surface area contributed by atoms with Gasteiger partial charge >= 0.3 is 51.4 Å². The Morgan fingerprint density at radius 2 is 1.59 bits per heavy atom. The van der Waals surface area contributed by atoms with E-state index in [0.717, 1.165) is 63.8 Å². The minimum absolute atomic E-state index is 0. The number of carbonyl (C=O) groups excluding carboxylic acids is 1. The zero-order valence-electron chi connectivity index (χ0n) is 17.5. The smallest absolute Gasteiger partial charge is 0.423 e. The van der Waals surface area contributed by atoms with Crippen LogP contribution in [0.25, 0.3) is 4.72 Å². The van der Waals surface area contributed by atoms with E-state index >= 15 is 0 Å². The first-order valence-corrected chi connectivity index (χ1v) is 12.3. The fourth-order valence-electron chi connectivity index (χ4n) is 4.92. The fourth-order valence-corrected chi connectivity index (χ4v) is 5.81. The van der Waals surface area contributed by atoms with Gasteiger partial charge in [0.15, 0.2) is 16.1 Å². The summed E-state index contributed by atoms with van der Waals surface area (Å²) >= 11 is 0. The molecule has 1 aromatic carbocycles.